The van der Waals surface area contributed by atoms with Gasteiger partial charge in [-0.15, -0.1) is 10.2 Å². The summed E-state index contributed by atoms with van der Waals surface area (Å²) in [7, 11) is 1.63. The standard InChI is InChI=1S/C13H10ClN3O/c1-18-11-6-7-17-12(8-11)15-16-13(17)9-2-4-10(14)5-3-9/h2-8H,1H3. The van der Waals surface area contributed by atoms with Crippen molar-refractivity contribution in [2.75, 3.05) is 7.11 Å². The summed E-state index contributed by atoms with van der Waals surface area (Å²) in [6.07, 6.45) is 1.89. The smallest absolute Gasteiger partial charge is 0.168 e. The van der Waals surface area contributed by atoms with Gasteiger partial charge in [0.25, 0.3) is 0 Å². The lowest BCUT2D eigenvalue weighted by atomic mass is 10.2. The van der Waals surface area contributed by atoms with Crippen LogP contribution in [0.3, 0.4) is 0 Å². The lowest BCUT2D eigenvalue weighted by molar-refractivity contribution is 0.414. The third-order valence-corrected chi connectivity index (χ3v) is 2.97. The number of benzene rings is 1. The van der Waals surface area contributed by atoms with Crippen molar-refractivity contribution in [2.45, 2.75) is 0 Å². The second-order valence-electron chi connectivity index (χ2n) is 3.83. The van der Waals surface area contributed by atoms with Crippen molar-refractivity contribution in [3.8, 4) is 17.1 Å². The highest BCUT2D eigenvalue weighted by Crippen LogP contribution is 2.22. The molecular formula is C13H10ClN3O. The van der Waals surface area contributed by atoms with Crippen molar-refractivity contribution in [1.82, 2.24) is 14.6 Å². The minimum absolute atomic E-state index is 0.703. The van der Waals surface area contributed by atoms with Crippen molar-refractivity contribution >= 4 is 17.2 Å². The Bertz CT molecular complexity index is 691. The van der Waals surface area contributed by atoms with Crippen LogP contribution >= 0.6 is 11.6 Å². The van der Waals surface area contributed by atoms with Gasteiger partial charge in [-0.3, -0.25) is 4.40 Å². The van der Waals surface area contributed by atoms with E-state index in [0.717, 1.165) is 22.8 Å². The van der Waals surface area contributed by atoms with Gasteiger partial charge in [-0.05, 0) is 30.3 Å². The second kappa shape index (κ2) is 4.31. The molecule has 0 spiro atoms. The highest BCUT2D eigenvalue weighted by atomic mass is 35.5. The maximum atomic E-state index is 5.87. The molecule has 0 amide bonds. The maximum Gasteiger partial charge on any atom is 0.168 e. The molecule has 1 aromatic carbocycles. The van der Waals surface area contributed by atoms with Crippen LogP contribution in [0.2, 0.25) is 5.02 Å². The van der Waals surface area contributed by atoms with Gasteiger partial charge >= 0.3 is 0 Å². The highest BCUT2D eigenvalue weighted by Gasteiger charge is 2.08. The Balaban J connectivity index is 2.15. The molecule has 0 N–H and O–H groups in total. The molecule has 0 saturated heterocycles. The van der Waals surface area contributed by atoms with E-state index in [9.17, 15) is 0 Å². The summed E-state index contributed by atoms with van der Waals surface area (Å²) in [5.41, 5.74) is 1.72. The molecule has 18 heavy (non-hydrogen) atoms. The zero-order valence-electron chi connectivity index (χ0n) is 9.67. The molecule has 0 bridgehead atoms. The molecule has 0 saturated carbocycles. The largest absolute Gasteiger partial charge is 0.497 e. The van der Waals surface area contributed by atoms with E-state index in [-0.39, 0.29) is 0 Å². The number of hydrogen-bond acceptors (Lipinski definition) is 3. The molecular weight excluding hydrogens is 250 g/mol. The molecule has 5 heteroatoms. The lowest BCUT2D eigenvalue weighted by Gasteiger charge is -2.02. The van der Waals surface area contributed by atoms with Crippen LogP contribution in [-0.4, -0.2) is 21.7 Å². The molecule has 0 fully saturated rings. The molecule has 0 aliphatic rings. The fraction of sp³-hybridized carbons (Fsp3) is 0.0769. The van der Waals surface area contributed by atoms with Crippen molar-refractivity contribution in [3.05, 3.63) is 47.6 Å². The minimum atomic E-state index is 0.703. The minimum Gasteiger partial charge on any atom is -0.497 e. The number of methoxy groups -OCH3 is 1. The average Bonchev–Trinajstić information content (AvgIpc) is 2.82. The molecule has 2 aromatic heterocycles. The second-order valence-corrected chi connectivity index (χ2v) is 4.26. The molecule has 3 rings (SSSR count). The van der Waals surface area contributed by atoms with Crippen LogP contribution in [0.1, 0.15) is 0 Å². The van der Waals surface area contributed by atoms with Crippen LogP contribution < -0.4 is 4.74 Å². The van der Waals surface area contributed by atoms with Crippen molar-refractivity contribution in [1.29, 1.82) is 0 Å². The molecule has 0 radical (unpaired) electrons. The first-order chi connectivity index (χ1) is 8.78. The molecule has 0 aliphatic carbocycles. The Morgan fingerprint density at radius 1 is 1.11 bits per heavy atom. The van der Waals surface area contributed by atoms with Crippen LogP contribution in [-0.2, 0) is 0 Å². The summed E-state index contributed by atoms with van der Waals surface area (Å²) in [4.78, 5) is 0. The van der Waals surface area contributed by atoms with E-state index in [1.807, 2.05) is 47.0 Å². The number of pyridine rings is 1. The lowest BCUT2D eigenvalue weighted by Crippen LogP contribution is -1.90. The van der Waals surface area contributed by atoms with E-state index in [0.29, 0.717) is 5.02 Å². The quantitative estimate of drug-likeness (QED) is 0.710. The number of fused-ring (bicyclic) bond motifs is 1. The van der Waals surface area contributed by atoms with Crippen LogP contribution in [0.4, 0.5) is 0 Å². The van der Waals surface area contributed by atoms with Crippen molar-refractivity contribution in [3.63, 3.8) is 0 Å². The van der Waals surface area contributed by atoms with E-state index >= 15 is 0 Å². The number of halogens is 1. The van der Waals surface area contributed by atoms with Crippen LogP contribution in [0, 0.1) is 0 Å². The number of nitrogens with zero attached hydrogens (tertiary/aromatic N) is 3. The van der Waals surface area contributed by atoms with E-state index in [4.69, 9.17) is 16.3 Å². The van der Waals surface area contributed by atoms with Gasteiger partial charge in [-0.1, -0.05) is 11.6 Å². The third kappa shape index (κ3) is 1.80. The van der Waals surface area contributed by atoms with Crippen molar-refractivity contribution in [2.24, 2.45) is 0 Å². The third-order valence-electron chi connectivity index (χ3n) is 2.72. The monoisotopic (exact) mass is 259 g/mol. The van der Waals surface area contributed by atoms with Gasteiger partial charge in [-0.25, -0.2) is 0 Å². The molecule has 0 atom stereocenters. The number of aromatic nitrogens is 3. The summed E-state index contributed by atoms with van der Waals surface area (Å²) >= 11 is 5.87. The van der Waals surface area contributed by atoms with E-state index in [1.165, 1.54) is 0 Å². The number of hydrogen-bond donors (Lipinski definition) is 0. The molecule has 2 heterocycles. The first kappa shape index (κ1) is 11.0. The summed E-state index contributed by atoms with van der Waals surface area (Å²) < 4.78 is 7.06. The van der Waals surface area contributed by atoms with E-state index in [1.54, 1.807) is 7.11 Å². The first-order valence-electron chi connectivity index (χ1n) is 5.42. The molecule has 3 aromatic rings. The normalized spacial score (nSPS) is 10.8. The Labute approximate surface area is 109 Å². The van der Waals surface area contributed by atoms with E-state index < -0.39 is 0 Å². The van der Waals surface area contributed by atoms with Gasteiger partial charge in [0.15, 0.2) is 11.5 Å². The number of ether oxygens (including phenoxy) is 1. The topological polar surface area (TPSA) is 39.4 Å². The highest BCUT2D eigenvalue weighted by molar-refractivity contribution is 6.30. The Hall–Kier alpha value is -2.07. The van der Waals surface area contributed by atoms with Gasteiger partial charge < -0.3 is 4.74 Å². The predicted octanol–water partition coefficient (Wildman–Crippen LogP) is 3.06. The van der Waals surface area contributed by atoms with Crippen molar-refractivity contribution < 1.29 is 4.74 Å². The predicted molar refractivity (Wildman–Crippen MR) is 70.0 cm³/mol. The summed E-state index contributed by atoms with van der Waals surface area (Å²) in [6, 6.07) is 11.2. The fourth-order valence-corrected chi connectivity index (χ4v) is 1.92. The number of rotatable bonds is 2. The van der Waals surface area contributed by atoms with Gasteiger partial charge in [0.2, 0.25) is 0 Å². The Morgan fingerprint density at radius 3 is 2.61 bits per heavy atom. The first-order valence-corrected chi connectivity index (χ1v) is 5.80. The van der Waals surface area contributed by atoms with Gasteiger partial charge in [-0.2, -0.15) is 0 Å². The maximum absolute atomic E-state index is 5.87. The van der Waals surface area contributed by atoms with Gasteiger partial charge in [0, 0.05) is 22.8 Å². The van der Waals surface area contributed by atoms with Gasteiger partial charge in [0.1, 0.15) is 5.75 Å². The summed E-state index contributed by atoms with van der Waals surface area (Å²) in [6.45, 7) is 0. The van der Waals surface area contributed by atoms with Gasteiger partial charge in [0.05, 0.1) is 7.11 Å². The van der Waals surface area contributed by atoms with Crippen LogP contribution in [0.15, 0.2) is 42.6 Å². The summed E-state index contributed by atoms with van der Waals surface area (Å²) in [5, 5.41) is 9.01. The van der Waals surface area contributed by atoms with Crippen LogP contribution in [0.5, 0.6) is 5.75 Å². The molecule has 90 valence electrons. The Morgan fingerprint density at radius 2 is 1.89 bits per heavy atom. The molecule has 0 aliphatic heterocycles. The zero-order valence-corrected chi connectivity index (χ0v) is 10.4. The fourth-order valence-electron chi connectivity index (χ4n) is 1.79. The zero-order chi connectivity index (χ0) is 12.5. The SMILES string of the molecule is COc1ccn2c(-c3ccc(Cl)cc3)nnc2c1. The molecule has 0 unspecified atom stereocenters. The van der Waals surface area contributed by atoms with E-state index in [2.05, 4.69) is 10.2 Å². The molecule has 4 nitrogen and oxygen atoms in total. The van der Waals surface area contributed by atoms with Crippen LogP contribution in [0.25, 0.3) is 17.0 Å². The Kier molecular flexibility index (Phi) is 2.64. The average molecular weight is 260 g/mol. The summed E-state index contributed by atoms with van der Waals surface area (Å²) in [5.74, 6) is 1.54.